The summed E-state index contributed by atoms with van der Waals surface area (Å²) in [7, 11) is 0. The first kappa shape index (κ1) is 23.3. The van der Waals surface area contributed by atoms with Crippen LogP contribution in [-0.4, -0.2) is 76.0 Å². The van der Waals surface area contributed by atoms with Crippen LogP contribution in [0.5, 0.6) is 0 Å². The molecule has 0 radical (unpaired) electrons. The van der Waals surface area contributed by atoms with Gasteiger partial charge in [-0.3, -0.25) is 19.2 Å². The van der Waals surface area contributed by atoms with Gasteiger partial charge in [0.2, 0.25) is 17.7 Å². The molecule has 1 aliphatic heterocycles. The molecule has 158 valence electrons. The maximum Gasteiger partial charge on any atom is 0.326 e. The van der Waals surface area contributed by atoms with Gasteiger partial charge in [0.15, 0.2) is 0 Å². The van der Waals surface area contributed by atoms with Crippen LogP contribution in [0, 0.1) is 5.92 Å². The molecule has 0 spiro atoms. The number of nitrogens with zero attached hydrogens (tertiary/aromatic N) is 1. The van der Waals surface area contributed by atoms with Crippen LogP contribution in [0.15, 0.2) is 0 Å². The number of carbonyl (C=O) groups excluding carboxylic acids is 3. The first-order valence-corrected chi connectivity index (χ1v) is 9.13. The van der Waals surface area contributed by atoms with Crippen LogP contribution in [0.3, 0.4) is 0 Å². The number of carboxylic acid groups (broad SMARTS) is 2. The third kappa shape index (κ3) is 6.48. The fourth-order valence-electron chi connectivity index (χ4n) is 3.04. The van der Waals surface area contributed by atoms with E-state index < -0.39 is 47.8 Å². The van der Waals surface area contributed by atoms with Gasteiger partial charge >= 0.3 is 11.9 Å². The summed E-state index contributed by atoms with van der Waals surface area (Å²) in [6, 6.07) is -3.10. The van der Waals surface area contributed by atoms with E-state index in [0.717, 1.165) is 0 Å². The van der Waals surface area contributed by atoms with Gasteiger partial charge in [0, 0.05) is 13.0 Å². The highest BCUT2D eigenvalue weighted by atomic mass is 16.4. The average Bonchev–Trinajstić information content (AvgIpc) is 3.11. The Balaban J connectivity index is 2.92. The molecule has 0 aliphatic carbocycles. The summed E-state index contributed by atoms with van der Waals surface area (Å²) in [6.45, 7) is 3.19. The van der Waals surface area contributed by atoms with Gasteiger partial charge in [-0.2, -0.15) is 0 Å². The summed E-state index contributed by atoms with van der Waals surface area (Å²) in [5.74, 6) is -4.44. The van der Waals surface area contributed by atoms with Gasteiger partial charge in [-0.25, -0.2) is 4.79 Å². The first-order chi connectivity index (χ1) is 13.1. The van der Waals surface area contributed by atoms with Gasteiger partial charge in [0.25, 0.3) is 0 Å². The van der Waals surface area contributed by atoms with Gasteiger partial charge in [-0.1, -0.05) is 13.8 Å². The fourth-order valence-corrected chi connectivity index (χ4v) is 3.04. The number of hydrogen-bond donors (Lipinski definition) is 5. The lowest BCUT2D eigenvalue weighted by Gasteiger charge is -2.29. The Morgan fingerprint density at radius 3 is 2.29 bits per heavy atom. The predicted molar refractivity (Wildman–Crippen MR) is 97.0 cm³/mol. The quantitative estimate of drug-likeness (QED) is 0.294. The second-order valence-electron chi connectivity index (χ2n) is 7.01. The summed E-state index contributed by atoms with van der Waals surface area (Å²) < 4.78 is 0. The minimum atomic E-state index is -1.17. The number of carboxylic acids is 2. The van der Waals surface area contributed by atoms with Crippen LogP contribution in [0.2, 0.25) is 0 Å². The number of carbonyl (C=O) groups is 5. The molecule has 0 aromatic rings. The zero-order chi connectivity index (χ0) is 21.4. The van der Waals surface area contributed by atoms with Crippen molar-refractivity contribution in [1.82, 2.24) is 15.5 Å². The molecule has 1 fully saturated rings. The summed E-state index contributed by atoms with van der Waals surface area (Å²) >= 11 is 0. The molecule has 1 saturated heterocycles. The normalized spacial score (nSPS) is 18.4. The smallest absolute Gasteiger partial charge is 0.326 e. The van der Waals surface area contributed by atoms with E-state index in [0.29, 0.717) is 12.8 Å². The van der Waals surface area contributed by atoms with Crippen LogP contribution >= 0.6 is 0 Å². The Morgan fingerprint density at radius 1 is 1.14 bits per heavy atom. The third-order valence-electron chi connectivity index (χ3n) is 4.53. The van der Waals surface area contributed by atoms with Gasteiger partial charge in [0.05, 0.1) is 6.54 Å². The molecule has 0 saturated carbocycles. The molecule has 6 N–H and O–H groups in total. The summed E-state index contributed by atoms with van der Waals surface area (Å²) in [5.41, 5.74) is 5.24. The van der Waals surface area contributed by atoms with E-state index in [1.165, 1.54) is 4.90 Å². The summed E-state index contributed by atoms with van der Waals surface area (Å²) in [5, 5.41) is 22.9. The summed E-state index contributed by atoms with van der Waals surface area (Å²) in [4.78, 5) is 60.4. The van der Waals surface area contributed by atoms with Gasteiger partial charge in [0.1, 0.15) is 18.1 Å². The van der Waals surface area contributed by atoms with E-state index in [4.69, 9.17) is 10.8 Å². The molecule has 0 aromatic heterocycles. The Morgan fingerprint density at radius 2 is 1.79 bits per heavy atom. The second-order valence-corrected chi connectivity index (χ2v) is 7.01. The lowest BCUT2D eigenvalue weighted by Crippen LogP contribution is -2.56. The molecule has 11 nitrogen and oxygen atoms in total. The molecular weight excluding hydrogens is 372 g/mol. The number of hydrogen-bond acceptors (Lipinski definition) is 6. The molecule has 1 heterocycles. The topological polar surface area (TPSA) is 179 Å². The largest absolute Gasteiger partial charge is 0.481 e. The SMILES string of the molecule is CC(C)C(NC(=O)C1CCCN1C(=O)C(CCC(=O)O)NC(=O)CN)C(=O)O. The lowest BCUT2D eigenvalue weighted by atomic mass is 10.0. The minimum Gasteiger partial charge on any atom is -0.481 e. The van der Waals surface area contributed by atoms with Crippen LogP contribution in [0.4, 0.5) is 0 Å². The molecule has 0 aromatic carbocycles. The third-order valence-corrected chi connectivity index (χ3v) is 4.53. The second kappa shape index (κ2) is 10.6. The zero-order valence-corrected chi connectivity index (χ0v) is 16.0. The van der Waals surface area contributed by atoms with Crippen molar-refractivity contribution in [2.24, 2.45) is 11.7 Å². The highest BCUT2D eigenvalue weighted by Crippen LogP contribution is 2.20. The predicted octanol–water partition coefficient (Wildman–Crippen LogP) is -1.49. The molecular formula is C17H28N4O7. The van der Waals surface area contributed by atoms with Gasteiger partial charge in [-0.15, -0.1) is 0 Å². The van der Waals surface area contributed by atoms with Crippen LogP contribution in [-0.2, 0) is 24.0 Å². The Labute approximate surface area is 162 Å². The van der Waals surface area contributed by atoms with Crippen molar-refractivity contribution in [3.63, 3.8) is 0 Å². The molecule has 3 unspecified atom stereocenters. The van der Waals surface area contributed by atoms with Crippen molar-refractivity contribution >= 4 is 29.7 Å². The van der Waals surface area contributed by atoms with E-state index in [9.17, 15) is 29.1 Å². The van der Waals surface area contributed by atoms with Crippen molar-refractivity contribution in [1.29, 1.82) is 0 Å². The highest BCUT2D eigenvalue weighted by molar-refractivity contribution is 5.94. The molecule has 1 aliphatic rings. The van der Waals surface area contributed by atoms with E-state index in [1.54, 1.807) is 13.8 Å². The number of amides is 3. The monoisotopic (exact) mass is 400 g/mol. The Bertz CT molecular complexity index is 623. The lowest BCUT2D eigenvalue weighted by molar-refractivity contribution is -0.145. The van der Waals surface area contributed by atoms with E-state index in [2.05, 4.69) is 10.6 Å². The van der Waals surface area contributed by atoms with Crippen molar-refractivity contribution < 1.29 is 34.2 Å². The maximum absolute atomic E-state index is 12.9. The van der Waals surface area contributed by atoms with Crippen LogP contribution in [0.1, 0.15) is 39.5 Å². The molecule has 0 bridgehead atoms. The molecule has 11 heteroatoms. The number of nitrogens with two attached hydrogens (primary N) is 1. The van der Waals surface area contributed by atoms with E-state index >= 15 is 0 Å². The average molecular weight is 400 g/mol. The zero-order valence-electron chi connectivity index (χ0n) is 16.0. The molecule has 28 heavy (non-hydrogen) atoms. The Kier molecular flexibility index (Phi) is 8.83. The molecule has 1 rings (SSSR count). The van der Waals surface area contributed by atoms with Crippen molar-refractivity contribution in [2.45, 2.75) is 57.7 Å². The van der Waals surface area contributed by atoms with Crippen molar-refractivity contribution in [3.8, 4) is 0 Å². The highest BCUT2D eigenvalue weighted by Gasteiger charge is 2.39. The van der Waals surface area contributed by atoms with Crippen molar-refractivity contribution in [2.75, 3.05) is 13.1 Å². The van der Waals surface area contributed by atoms with E-state index in [1.807, 2.05) is 0 Å². The van der Waals surface area contributed by atoms with Gasteiger partial charge in [-0.05, 0) is 25.2 Å². The van der Waals surface area contributed by atoms with Crippen LogP contribution in [0.25, 0.3) is 0 Å². The number of likely N-dealkylation sites (tertiary alicyclic amines) is 1. The number of aliphatic carboxylic acids is 2. The van der Waals surface area contributed by atoms with Crippen LogP contribution < -0.4 is 16.4 Å². The van der Waals surface area contributed by atoms with E-state index in [-0.39, 0.29) is 31.8 Å². The molecule has 3 atom stereocenters. The fraction of sp³-hybridized carbons (Fsp3) is 0.706. The van der Waals surface area contributed by atoms with Crippen molar-refractivity contribution in [3.05, 3.63) is 0 Å². The number of rotatable bonds is 10. The number of nitrogens with one attached hydrogen (secondary N) is 2. The molecule has 3 amide bonds. The summed E-state index contributed by atoms with van der Waals surface area (Å²) in [6.07, 6.45) is 0.382. The maximum atomic E-state index is 12.9. The standard InChI is InChI=1S/C17H28N4O7/c1-9(2)14(17(27)28)20-15(25)11-4-3-7-21(11)16(26)10(5-6-13(23)24)19-12(22)8-18/h9-11,14H,3-8,18H2,1-2H3,(H,19,22)(H,20,25)(H,23,24)(H,27,28). The Hall–Kier alpha value is -2.69. The minimum absolute atomic E-state index is 0.144. The van der Waals surface area contributed by atoms with Gasteiger partial charge < -0.3 is 31.5 Å². The first-order valence-electron chi connectivity index (χ1n) is 9.13.